The summed E-state index contributed by atoms with van der Waals surface area (Å²) >= 11 is 5.90. The molecule has 3 N–H and O–H groups in total. The first-order valence-electron chi connectivity index (χ1n) is 8.93. The van der Waals surface area contributed by atoms with Crippen LogP contribution in [0.3, 0.4) is 0 Å². The molecule has 1 unspecified atom stereocenters. The Morgan fingerprint density at radius 2 is 1.70 bits per heavy atom. The summed E-state index contributed by atoms with van der Waals surface area (Å²) in [5.41, 5.74) is 0.702. The second-order valence-corrected chi connectivity index (χ2v) is 8.95. The number of nitrogens with one attached hydrogen (secondary N) is 3. The van der Waals surface area contributed by atoms with E-state index in [-0.39, 0.29) is 27.5 Å². The molecule has 3 aromatic rings. The molecule has 30 heavy (non-hydrogen) atoms. The maximum absolute atomic E-state index is 13.9. The maximum atomic E-state index is 13.9. The van der Waals surface area contributed by atoms with Crippen molar-refractivity contribution in [3.05, 3.63) is 82.0 Å². The van der Waals surface area contributed by atoms with Gasteiger partial charge in [-0.05, 0) is 35.4 Å². The summed E-state index contributed by atoms with van der Waals surface area (Å²) in [6.45, 7) is 1.03. The molecular formula is C19H16ClF3N4O2S. The van der Waals surface area contributed by atoms with Crippen molar-refractivity contribution in [3.63, 3.8) is 0 Å². The van der Waals surface area contributed by atoms with Crippen molar-refractivity contribution in [2.24, 2.45) is 0 Å². The molecule has 1 saturated heterocycles. The monoisotopic (exact) mass is 456 g/mol. The highest BCUT2D eigenvalue weighted by atomic mass is 35.5. The Bertz CT molecular complexity index is 1150. The molecule has 0 saturated carbocycles. The molecule has 11 heteroatoms. The molecule has 1 aliphatic heterocycles. The number of aromatic nitrogens is 2. The third-order valence-electron chi connectivity index (χ3n) is 4.78. The summed E-state index contributed by atoms with van der Waals surface area (Å²) < 4.78 is 68.6. The van der Waals surface area contributed by atoms with Crippen LogP contribution in [0.1, 0.15) is 22.9 Å². The summed E-state index contributed by atoms with van der Waals surface area (Å²) in [7, 11) is -3.88. The van der Waals surface area contributed by atoms with Gasteiger partial charge in [0, 0.05) is 25.3 Å². The van der Waals surface area contributed by atoms with E-state index < -0.39 is 33.4 Å². The molecule has 1 aromatic heterocycles. The lowest BCUT2D eigenvalue weighted by Crippen LogP contribution is -2.56. The highest BCUT2D eigenvalue weighted by molar-refractivity contribution is 7.89. The SMILES string of the molecule is O=S(=O)(NC1CNC1)c1c[nH]c(C(c2ccc(F)c(F)c2)c2ccc(F)c(Cl)c2)n1. The number of hydrogen-bond acceptors (Lipinski definition) is 4. The first-order chi connectivity index (χ1) is 14.2. The normalized spacial score (nSPS) is 15.7. The fourth-order valence-corrected chi connectivity index (χ4v) is 4.50. The van der Waals surface area contributed by atoms with Gasteiger partial charge in [-0.25, -0.2) is 31.3 Å². The van der Waals surface area contributed by atoms with Gasteiger partial charge in [0.25, 0.3) is 10.0 Å². The fourth-order valence-electron chi connectivity index (χ4n) is 3.15. The van der Waals surface area contributed by atoms with Gasteiger partial charge in [0.1, 0.15) is 11.6 Å². The second-order valence-electron chi connectivity index (χ2n) is 6.88. The Hall–Kier alpha value is -2.40. The molecule has 1 atom stereocenters. The molecule has 1 fully saturated rings. The molecule has 2 heterocycles. The summed E-state index contributed by atoms with van der Waals surface area (Å²) in [4.78, 5) is 6.96. The Balaban J connectivity index is 1.77. The van der Waals surface area contributed by atoms with Crippen molar-refractivity contribution >= 4 is 21.6 Å². The van der Waals surface area contributed by atoms with Crippen molar-refractivity contribution in [2.75, 3.05) is 13.1 Å². The minimum Gasteiger partial charge on any atom is -0.347 e. The zero-order valence-corrected chi connectivity index (χ0v) is 16.9. The van der Waals surface area contributed by atoms with E-state index in [0.29, 0.717) is 18.7 Å². The van der Waals surface area contributed by atoms with E-state index in [2.05, 4.69) is 20.0 Å². The molecule has 0 aliphatic carbocycles. The van der Waals surface area contributed by atoms with Crippen LogP contribution in [0, 0.1) is 17.5 Å². The van der Waals surface area contributed by atoms with Gasteiger partial charge in [-0.1, -0.05) is 23.7 Å². The predicted molar refractivity (Wildman–Crippen MR) is 104 cm³/mol. The molecule has 0 radical (unpaired) electrons. The number of nitrogens with zero attached hydrogens (tertiary/aromatic N) is 1. The Labute approximate surface area is 175 Å². The standard InChI is InChI=1S/C19H16ClF3N4O2S/c20-13-5-10(1-3-14(13)21)18(11-2-4-15(22)16(23)6-11)19-25-9-17(26-19)30(28,29)27-12-7-24-8-12/h1-6,9,12,18,24,27H,7-8H2,(H,25,26). The van der Waals surface area contributed by atoms with Gasteiger partial charge in [0.15, 0.2) is 16.7 Å². The van der Waals surface area contributed by atoms with Gasteiger partial charge in [0.05, 0.1) is 10.9 Å². The van der Waals surface area contributed by atoms with E-state index in [0.717, 1.165) is 18.2 Å². The lowest BCUT2D eigenvalue weighted by molar-refractivity contribution is 0.410. The van der Waals surface area contributed by atoms with E-state index in [1.165, 1.54) is 24.4 Å². The maximum Gasteiger partial charge on any atom is 0.259 e. The third-order valence-corrected chi connectivity index (χ3v) is 6.47. The smallest absolute Gasteiger partial charge is 0.259 e. The highest BCUT2D eigenvalue weighted by Gasteiger charge is 2.28. The third kappa shape index (κ3) is 4.08. The zero-order chi connectivity index (χ0) is 21.5. The van der Waals surface area contributed by atoms with Gasteiger partial charge in [0.2, 0.25) is 0 Å². The van der Waals surface area contributed by atoms with Gasteiger partial charge in [-0.2, -0.15) is 0 Å². The summed E-state index contributed by atoms with van der Waals surface area (Å²) in [6.07, 6.45) is 1.21. The number of hydrogen-bond donors (Lipinski definition) is 3. The van der Waals surface area contributed by atoms with Crippen molar-refractivity contribution < 1.29 is 21.6 Å². The van der Waals surface area contributed by atoms with Crippen LogP contribution in [-0.2, 0) is 10.0 Å². The molecule has 0 amide bonds. The molecule has 4 rings (SSSR count). The fraction of sp³-hybridized carbons (Fsp3) is 0.211. The quantitative estimate of drug-likeness (QED) is 0.532. The van der Waals surface area contributed by atoms with E-state index >= 15 is 0 Å². The summed E-state index contributed by atoms with van der Waals surface area (Å²) in [5.74, 6) is -3.45. The Kier molecular flexibility index (Phi) is 5.58. The Morgan fingerprint density at radius 1 is 1.03 bits per heavy atom. The van der Waals surface area contributed by atoms with Crippen molar-refractivity contribution in [3.8, 4) is 0 Å². The van der Waals surface area contributed by atoms with E-state index in [1.807, 2.05) is 0 Å². The molecule has 0 spiro atoms. The largest absolute Gasteiger partial charge is 0.347 e. The first-order valence-corrected chi connectivity index (χ1v) is 10.8. The van der Waals surface area contributed by atoms with E-state index in [1.54, 1.807) is 0 Å². The second kappa shape index (κ2) is 8.03. The van der Waals surface area contributed by atoms with Gasteiger partial charge >= 0.3 is 0 Å². The lowest BCUT2D eigenvalue weighted by Gasteiger charge is -2.27. The van der Waals surface area contributed by atoms with Crippen LogP contribution in [0.4, 0.5) is 13.2 Å². The van der Waals surface area contributed by atoms with Crippen LogP contribution in [0.25, 0.3) is 0 Å². The van der Waals surface area contributed by atoms with Crippen LogP contribution in [0.5, 0.6) is 0 Å². The minimum atomic E-state index is -3.88. The summed E-state index contributed by atoms with van der Waals surface area (Å²) in [6, 6.07) is 6.93. The number of sulfonamides is 1. The number of rotatable bonds is 6. The predicted octanol–water partition coefficient (Wildman–Crippen LogP) is 2.91. The van der Waals surface area contributed by atoms with E-state index in [9.17, 15) is 21.6 Å². The summed E-state index contributed by atoms with van der Waals surface area (Å²) in [5, 5.41) is 2.54. The zero-order valence-electron chi connectivity index (χ0n) is 15.3. The average molecular weight is 457 g/mol. The molecule has 6 nitrogen and oxygen atoms in total. The first kappa shape index (κ1) is 20.9. The van der Waals surface area contributed by atoms with Crippen LogP contribution in [0.15, 0.2) is 47.6 Å². The number of halogens is 4. The van der Waals surface area contributed by atoms with Gasteiger partial charge < -0.3 is 10.3 Å². The van der Waals surface area contributed by atoms with Gasteiger partial charge in [-0.15, -0.1) is 0 Å². The molecular weight excluding hydrogens is 441 g/mol. The molecule has 2 aromatic carbocycles. The number of aromatic amines is 1. The highest BCUT2D eigenvalue weighted by Crippen LogP contribution is 2.33. The van der Waals surface area contributed by atoms with Crippen molar-refractivity contribution in [2.45, 2.75) is 17.0 Å². The van der Waals surface area contributed by atoms with Crippen LogP contribution < -0.4 is 10.0 Å². The van der Waals surface area contributed by atoms with Crippen molar-refractivity contribution in [1.29, 1.82) is 0 Å². The molecule has 0 bridgehead atoms. The van der Waals surface area contributed by atoms with Crippen LogP contribution >= 0.6 is 11.6 Å². The Morgan fingerprint density at radius 3 is 2.30 bits per heavy atom. The lowest BCUT2D eigenvalue weighted by atomic mass is 9.90. The van der Waals surface area contributed by atoms with E-state index in [4.69, 9.17) is 11.6 Å². The van der Waals surface area contributed by atoms with Crippen molar-refractivity contribution in [1.82, 2.24) is 20.0 Å². The van der Waals surface area contributed by atoms with Gasteiger partial charge in [-0.3, -0.25) is 0 Å². The number of imidazole rings is 1. The van der Waals surface area contributed by atoms with Crippen LogP contribution in [-0.4, -0.2) is 37.5 Å². The molecule has 1 aliphatic rings. The topological polar surface area (TPSA) is 86.9 Å². The minimum absolute atomic E-state index is 0.149. The average Bonchev–Trinajstić information content (AvgIpc) is 3.15. The van der Waals surface area contributed by atoms with Crippen LogP contribution in [0.2, 0.25) is 5.02 Å². The number of benzene rings is 2. The molecule has 158 valence electrons. The number of H-pyrrole nitrogens is 1.